The van der Waals surface area contributed by atoms with Crippen molar-refractivity contribution >= 4 is 23.2 Å². The molecule has 8 nitrogen and oxygen atoms in total. The van der Waals surface area contributed by atoms with Crippen molar-refractivity contribution in [2.45, 2.75) is 31.8 Å². The third kappa shape index (κ3) is 2.37. The molecule has 128 valence electrons. The van der Waals surface area contributed by atoms with Gasteiger partial charge in [0.1, 0.15) is 35.0 Å². The zero-order chi connectivity index (χ0) is 17.6. The van der Waals surface area contributed by atoms with E-state index in [-0.39, 0.29) is 11.5 Å². The molecule has 1 atom stereocenters. The van der Waals surface area contributed by atoms with E-state index >= 15 is 0 Å². The molecule has 3 heterocycles. The van der Waals surface area contributed by atoms with Crippen LogP contribution in [-0.4, -0.2) is 20.4 Å². The molecule has 2 aliphatic rings. The number of pyridine rings is 1. The normalized spacial score (nSPS) is 21.2. The highest BCUT2D eigenvalue weighted by Gasteiger charge is 2.44. The molecule has 1 spiro atoms. The molecule has 1 unspecified atom stereocenters. The number of aryl methyl sites for hydroxylation is 1. The van der Waals surface area contributed by atoms with Gasteiger partial charge in [0.2, 0.25) is 0 Å². The second-order valence-corrected chi connectivity index (χ2v) is 6.38. The fourth-order valence-corrected chi connectivity index (χ4v) is 3.57. The number of nitrogens with one attached hydrogen (secondary N) is 2. The van der Waals surface area contributed by atoms with Crippen LogP contribution in [0.4, 0.5) is 17.3 Å². The molecule has 0 radical (unpaired) electrons. The molecule has 25 heavy (non-hydrogen) atoms. The number of anilines is 3. The summed E-state index contributed by atoms with van der Waals surface area (Å²) in [5, 5.41) is 6.01. The Balaban J connectivity index is 1.86. The molecule has 1 aliphatic heterocycles. The van der Waals surface area contributed by atoms with Gasteiger partial charge in [-0.05, 0) is 31.4 Å². The molecule has 8 heteroatoms. The van der Waals surface area contributed by atoms with Gasteiger partial charge in [0.05, 0.1) is 0 Å². The summed E-state index contributed by atoms with van der Waals surface area (Å²) in [5.41, 5.74) is 6.22. The van der Waals surface area contributed by atoms with E-state index in [1.807, 2.05) is 13.0 Å². The van der Waals surface area contributed by atoms with Gasteiger partial charge in [0.15, 0.2) is 0 Å². The van der Waals surface area contributed by atoms with Crippen LogP contribution in [0.1, 0.15) is 35.3 Å². The number of nitrogens with two attached hydrogens (primary N) is 1. The van der Waals surface area contributed by atoms with Crippen molar-refractivity contribution in [2.75, 3.05) is 11.1 Å². The lowest BCUT2D eigenvalue weighted by molar-refractivity contribution is 0.0909. The lowest BCUT2D eigenvalue weighted by Crippen LogP contribution is -2.48. The summed E-state index contributed by atoms with van der Waals surface area (Å²) in [6.07, 6.45) is 7.49. The van der Waals surface area contributed by atoms with Crippen LogP contribution in [0.3, 0.4) is 0 Å². The predicted molar refractivity (Wildman–Crippen MR) is 93.6 cm³/mol. The number of nitrogens with zero attached hydrogens (tertiary/aromatic N) is 3. The number of aromatic nitrogens is 3. The monoisotopic (exact) mass is 338 g/mol. The second kappa shape index (κ2) is 5.44. The van der Waals surface area contributed by atoms with Crippen LogP contribution >= 0.6 is 0 Å². The number of allylic oxidation sites excluding steroid dienone is 1. The predicted octanol–water partition coefficient (Wildman–Crippen LogP) is 1.41. The molecule has 4 N–H and O–H groups in total. The molecule has 0 fully saturated rings. The fourth-order valence-electron chi connectivity index (χ4n) is 3.57. The van der Waals surface area contributed by atoms with E-state index in [9.17, 15) is 9.59 Å². The van der Waals surface area contributed by atoms with E-state index in [4.69, 9.17) is 5.73 Å². The first kappa shape index (κ1) is 15.4. The minimum absolute atomic E-state index is 0.206. The Bertz CT molecular complexity index is 964. The van der Waals surface area contributed by atoms with Crippen molar-refractivity contribution in [2.24, 2.45) is 0 Å². The highest BCUT2D eigenvalue weighted by atomic mass is 16.2. The number of carbonyl (C=O) groups excluding carboxylic acids is 1. The van der Waals surface area contributed by atoms with Crippen LogP contribution in [0.2, 0.25) is 0 Å². The maximum absolute atomic E-state index is 13.1. The number of hydrogen-bond acceptors (Lipinski definition) is 6. The first-order chi connectivity index (χ1) is 12.0. The average Bonchev–Trinajstić information content (AvgIpc) is 2.85. The molecule has 0 saturated heterocycles. The van der Waals surface area contributed by atoms with Gasteiger partial charge in [-0.2, -0.15) is 0 Å². The Kier molecular flexibility index (Phi) is 3.34. The summed E-state index contributed by atoms with van der Waals surface area (Å²) in [5.74, 6) is 0.531. The van der Waals surface area contributed by atoms with Gasteiger partial charge in [0, 0.05) is 12.5 Å². The van der Waals surface area contributed by atoms with Gasteiger partial charge in [-0.15, -0.1) is 0 Å². The van der Waals surface area contributed by atoms with Crippen molar-refractivity contribution < 1.29 is 4.79 Å². The number of hydrogen-bond donors (Lipinski definition) is 3. The molecule has 1 amide bonds. The Morgan fingerprint density at radius 3 is 2.84 bits per heavy atom. The Labute approximate surface area is 143 Å². The van der Waals surface area contributed by atoms with Crippen molar-refractivity contribution in [3.05, 3.63) is 52.2 Å². The standard InChI is InChI=1S/C17H18N6O2/c1-10-7-11(21-13-8-12(18)19-9-20-13)16(25)23-14(10)15(24)22-17(23)5-3-2-4-6-17/h2-3,7-9H,4-6H2,1H3,(H,22,24)(H3,18,19,20,21). The topological polar surface area (TPSA) is 115 Å². The van der Waals surface area contributed by atoms with Gasteiger partial charge >= 0.3 is 0 Å². The van der Waals surface area contributed by atoms with Gasteiger partial charge in [-0.25, -0.2) is 9.97 Å². The molecular weight excluding hydrogens is 320 g/mol. The fraction of sp³-hybridized carbons (Fsp3) is 0.294. The first-order valence-corrected chi connectivity index (χ1v) is 8.09. The van der Waals surface area contributed by atoms with E-state index in [0.29, 0.717) is 35.9 Å². The van der Waals surface area contributed by atoms with E-state index < -0.39 is 5.66 Å². The van der Waals surface area contributed by atoms with Crippen LogP contribution in [0.5, 0.6) is 0 Å². The molecule has 2 aromatic heterocycles. The molecule has 0 bridgehead atoms. The van der Waals surface area contributed by atoms with Crippen LogP contribution in [-0.2, 0) is 5.66 Å². The summed E-state index contributed by atoms with van der Waals surface area (Å²) in [6, 6.07) is 3.22. The van der Waals surface area contributed by atoms with E-state index in [1.54, 1.807) is 16.7 Å². The van der Waals surface area contributed by atoms with Crippen molar-refractivity contribution in [3.63, 3.8) is 0 Å². The summed E-state index contributed by atoms with van der Waals surface area (Å²) in [6.45, 7) is 1.82. The van der Waals surface area contributed by atoms with E-state index in [1.165, 1.54) is 6.33 Å². The molecule has 4 rings (SSSR count). The lowest BCUT2D eigenvalue weighted by Gasteiger charge is -2.32. The highest BCUT2D eigenvalue weighted by Crippen LogP contribution is 2.34. The highest BCUT2D eigenvalue weighted by molar-refractivity contribution is 5.97. The largest absolute Gasteiger partial charge is 0.384 e. The summed E-state index contributed by atoms with van der Waals surface area (Å²) < 4.78 is 1.60. The van der Waals surface area contributed by atoms with Gasteiger partial charge < -0.3 is 16.4 Å². The van der Waals surface area contributed by atoms with Crippen LogP contribution in [0.25, 0.3) is 0 Å². The smallest absolute Gasteiger partial charge is 0.276 e. The number of carbonyl (C=O) groups is 1. The third-order valence-corrected chi connectivity index (χ3v) is 4.68. The second-order valence-electron chi connectivity index (χ2n) is 6.38. The minimum atomic E-state index is -0.689. The lowest BCUT2D eigenvalue weighted by atomic mass is 9.94. The van der Waals surface area contributed by atoms with Crippen molar-refractivity contribution in [1.82, 2.24) is 19.9 Å². The number of nitrogen functional groups attached to an aromatic ring is 1. The summed E-state index contributed by atoms with van der Waals surface area (Å²) in [4.78, 5) is 33.5. The zero-order valence-corrected chi connectivity index (χ0v) is 13.7. The quantitative estimate of drug-likeness (QED) is 0.713. The van der Waals surface area contributed by atoms with Crippen LogP contribution in [0.15, 0.2) is 35.4 Å². The van der Waals surface area contributed by atoms with Gasteiger partial charge in [-0.1, -0.05) is 12.2 Å². The molecule has 1 aliphatic carbocycles. The Morgan fingerprint density at radius 1 is 1.28 bits per heavy atom. The minimum Gasteiger partial charge on any atom is -0.384 e. The van der Waals surface area contributed by atoms with Crippen LogP contribution < -0.4 is 21.9 Å². The van der Waals surface area contributed by atoms with Gasteiger partial charge in [0.25, 0.3) is 11.5 Å². The van der Waals surface area contributed by atoms with Gasteiger partial charge in [-0.3, -0.25) is 14.2 Å². The average molecular weight is 338 g/mol. The molecule has 0 saturated carbocycles. The maximum atomic E-state index is 13.1. The number of rotatable bonds is 2. The molecule has 2 aromatic rings. The van der Waals surface area contributed by atoms with Crippen molar-refractivity contribution in [1.29, 1.82) is 0 Å². The van der Waals surface area contributed by atoms with E-state index in [0.717, 1.165) is 12.0 Å². The molecule has 0 aromatic carbocycles. The molecular formula is C17H18N6O2. The van der Waals surface area contributed by atoms with Crippen molar-refractivity contribution in [3.8, 4) is 0 Å². The summed E-state index contributed by atoms with van der Waals surface area (Å²) in [7, 11) is 0. The Morgan fingerprint density at radius 2 is 2.12 bits per heavy atom. The SMILES string of the molecule is Cc1cc(Nc2cc(N)ncn2)c(=O)n2c1C(=O)NC21CC=CCC1. The first-order valence-electron chi connectivity index (χ1n) is 8.09. The van der Waals surface area contributed by atoms with Crippen LogP contribution in [0, 0.1) is 6.92 Å². The number of amides is 1. The Hall–Kier alpha value is -3.16. The summed E-state index contributed by atoms with van der Waals surface area (Å²) >= 11 is 0. The zero-order valence-electron chi connectivity index (χ0n) is 13.7. The van der Waals surface area contributed by atoms with E-state index in [2.05, 4.69) is 26.7 Å². The number of fused-ring (bicyclic) bond motifs is 2. The maximum Gasteiger partial charge on any atom is 0.276 e. The third-order valence-electron chi connectivity index (χ3n) is 4.68.